The first kappa shape index (κ1) is 16.9. The fourth-order valence-corrected chi connectivity index (χ4v) is 3.27. The number of aromatic nitrogens is 1. The lowest BCUT2D eigenvalue weighted by atomic mass is 10.1. The highest BCUT2D eigenvalue weighted by Gasteiger charge is 2.57. The molecule has 1 aliphatic carbocycles. The Hall–Kier alpha value is -3.81. The fraction of sp³-hybridized carbons (Fsp3) is 0.261. The van der Waals surface area contributed by atoms with Crippen LogP contribution in [0.5, 0.6) is 23.0 Å². The fourth-order valence-electron chi connectivity index (χ4n) is 3.27. The summed E-state index contributed by atoms with van der Waals surface area (Å²) in [6.45, 7) is 0. The van der Waals surface area contributed by atoms with Gasteiger partial charge in [0.25, 0.3) is 0 Å². The lowest BCUT2D eigenvalue weighted by Gasteiger charge is -2.14. The predicted octanol–water partition coefficient (Wildman–Crippen LogP) is 3.94. The summed E-state index contributed by atoms with van der Waals surface area (Å²) in [5.41, 5.74) is -0.367. The summed E-state index contributed by atoms with van der Waals surface area (Å²) in [5.74, 6) is 0.501. The average molecular weight is 425 g/mol. The molecule has 160 valence electrons. The van der Waals surface area contributed by atoms with Gasteiger partial charge in [0, 0.05) is 23.3 Å². The standard InChI is InChI=1S/C23H22N2O6/c1-28-19-12-16-17(13-20(19)29-2)24-11-8-18(16)31-15-6-4-14(5-7-15)25-21(26)23(9-10-23)22(27)30-3/h4-8,11-13H,9-10H2,1-3H3,(H,25,26)/i3D3. The summed E-state index contributed by atoms with van der Waals surface area (Å²) < 4.78 is 42.3. The molecule has 0 atom stereocenters. The van der Waals surface area contributed by atoms with Crippen LogP contribution in [0.3, 0.4) is 0 Å². The molecule has 0 spiro atoms. The molecule has 8 heteroatoms. The number of pyridine rings is 1. The number of hydrogen-bond acceptors (Lipinski definition) is 7. The highest BCUT2D eigenvalue weighted by atomic mass is 16.5. The van der Waals surface area contributed by atoms with Gasteiger partial charge in [-0.15, -0.1) is 0 Å². The number of carbonyl (C=O) groups excluding carboxylic acids is 2. The maximum atomic E-state index is 12.6. The number of esters is 1. The van der Waals surface area contributed by atoms with E-state index in [1.54, 1.807) is 62.9 Å². The van der Waals surface area contributed by atoms with Crippen LogP contribution in [0.4, 0.5) is 5.69 Å². The number of nitrogens with zero attached hydrogens (tertiary/aromatic N) is 1. The van der Waals surface area contributed by atoms with Crippen LogP contribution in [0.25, 0.3) is 10.9 Å². The molecule has 1 amide bonds. The molecule has 0 unspecified atom stereocenters. The number of fused-ring (bicyclic) bond motifs is 1. The van der Waals surface area contributed by atoms with Crippen molar-refractivity contribution in [2.24, 2.45) is 5.41 Å². The van der Waals surface area contributed by atoms with Gasteiger partial charge in [-0.3, -0.25) is 14.6 Å². The highest BCUT2D eigenvalue weighted by Crippen LogP contribution is 2.47. The SMILES string of the molecule is [2H]C([2H])([2H])OC(=O)C1(C(=O)Nc2ccc(Oc3ccnc4cc(OC)c(OC)cc34)cc2)CC1. The first-order chi connectivity index (χ1) is 16.1. The van der Waals surface area contributed by atoms with Crippen LogP contribution >= 0.6 is 0 Å². The Bertz CT molecular complexity index is 1240. The Morgan fingerprint density at radius 1 is 1.03 bits per heavy atom. The zero-order chi connectivity index (χ0) is 24.5. The first-order valence-electron chi connectivity index (χ1n) is 11.0. The van der Waals surface area contributed by atoms with E-state index in [0.717, 1.165) is 5.39 Å². The van der Waals surface area contributed by atoms with Crippen LogP contribution in [0, 0.1) is 5.41 Å². The van der Waals surface area contributed by atoms with Crippen molar-refractivity contribution in [1.82, 2.24) is 4.98 Å². The van der Waals surface area contributed by atoms with Gasteiger partial charge in [-0.25, -0.2) is 0 Å². The van der Waals surface area contributed by atoms with Crippen molar-refractivity contribution in [3.63, 3.8) is 0 Å². The summed E-state index contributed by atoms with van der Waals surface area (Å²) in [4.78, 5) is 29.1. The van der Waals surface area contributed by atoms with Crippen LogP contribution in [0.2, 0.25) is 0 Å². The molecule has 1 fully saturated rings. The summed E-state index contributed by atoms with van der Waals surface area (Å²) in [5, 5.41) is 3.36. The van der Waals surface area contributed by atoms with E-state index in [4.69, 9.17) is 18.3 Å². The molecule has 31 heavy (non-hydrogen) atoms. The van der Waals surface area contributed by atoms with Crippen molar-refractivity contribution in [2.75, 3.05) is 26.6 Å². The molecular formula is C23H22N2O6. The third kappa shape index (κ3) is 3.84. The van der Waals surface area contributed by atoms with Gasteiger partial charge >= 0.3 is 5.97 Å². The quantitative estimate of drug-likeness (QED) is 0.452. The van der Waals surface area contributed by atoms with Gasteiger partial charge < -0.3 is 24.3 Å². The second kappa shape index (κ2) is 8.14. The molecule has 0 radical (unpaired) electrons. The monoisotopic (exact) mass is 425 g/mol. The van der Waals surface area contributed by atoms with E-state index < -0.39 is 24.3 Å². The number of methoxy groups -OCH3 is 3. The summed E-state index contributed by atoms with van der Waals surface area (Å²) in [7, 11) is 0.201. The number of ether oxygens (including phenoxy) is 4. The third-order valence-electron chi connectivity index (χ3n) is 5.21. The molecule has 1 aromatic heterocycles. The van der Waals surface area contributed by atoms with Crippen LogP contribution in [-0.4, -0.2) is 38.1 Å². The largest absolute Gasteiger partial charge is 0.493 e. The average Bonchev–Trinajstić information content (AvgIpc) is 3.61. The van der Waals surface area contributed by atoms with E-state index in [1.807, 2.05) is 0 Å². The van der Waals surface area contributed by atoms with Gasteiger partial charge in [0.15, 0.2) is 11.5 Å². The molecular weight excluding hydrogens is 400 g/mol. The lowest BCUT2D eigenvalue weighted by molar-refractivity contribution is -0.150. The van der Waals surface area contributed by atoms with E-state index in [9.17, 15) is 9.59 Å². The molecule has 1 saturated carbocycles. The molecule has 1 aliphatic rings. The Labute approximate surface area is 183 Å². The number of anilines is 1. The Balaban J connectivity index is 1.48. The minimum absolute atomic E-state index is 0.234. The number of amides is 1. The van der Waals surface area contributed by atoms with E-state index in [2.05, 4.69) is 15.0 Å². The van der Waals surface area contributed by atoms with Crippen LogP contribution in [-0.2, 0) is 14.3 Å². The second-order valence-corrected chi connectivity index (χ2v) is 7.09. The molecule has 1 N–H and O–H groups in total. The van der Waals surface area contributed by atoms with E-state index in [-0.39, 0.29) is 12.8 Å². The highest BCUT2D eigenvalue weighted by molar-refractivity contribution is 6.11. The number of carbonyl (C=O) groups is 2. The zero-order valence-corrected chi connectivity index (χ0v) is 16.9. The third-order valence-corrected chi connectivity index (χ3v) is 5.21. The van der Waals surface area contributed by atoms with Gasteiger partial charge in [-0.1, -0.05) is 0 Å². The van der Waals surface area contributed by atoms with E-state index in [0.29, 0.717) is 34.2 Å². The molecule has 1 heterocycles. The van der Waals surface area contributed by atoms with Gasteiger partial charge in [0.05, 0.1) is 30.9 Å². The predicted molar refractivity (Wildman–Crippen MR) is 114 cm³/mol. The molecule has 0 saturated heterocycles. The Kier molecular flexibility index (Phi) is 4.44. The second-order valence-electron chi connectivity index (χ2n) is 7.09. The zero-order valence-electron chi connectivity index (χ0n) is 19.9. The van der Waals surface area contributed by atoms with Crippen molar-refractivity contribution in [1.29, 1.82) is 0 Å². The summed E-state index contributed by atoms with van der Waals surface area (Å²) >= 11 is 0. The van der Waals surface area contributed by atoms with E-state index in [1.165, 1.54) is 0 Å². The Morgan fingerprint density at radius 3 is 2.39 bits per heavy atom. The molecule has 8 nitrogen and oxygen atoms in total. The number of benzene rings is 2. The van der Waals surface area contributed by atoms with Gasteiger partial charge in [-0.05, 0) is 49.2 Å². The Morgan fingerprint density at radius 2 is 1.74 bits per heavy atom. The topological polar surface area (TPSA) is 96.0 Å². The molecule has 3 aromatic rings. The van der Waals surface area contributed by atoms with Crippen molar-refractivity contribution in [3.8, 4) is 23.0 Å². The maximum absolute atomic E-state index is 12.6. The van der Waals surface area contributed by atoms with Crippen LogP contribution < -0.4 is 19.5 Å². The maximum Gasteiger partial charge on any atom is 0.321 e. The van der Waals surface area contributed by atoms with Crippen LogP contribution in [0.15, 0.2) is 48.7 Å². The normalized spacial score (nSPS) is 15.7. The van der Waals surface area contributed by atoms with Gasteiger partial charge in [0.2, 0.25) is 5.91 Å². The molecule has 4 rings (SSSR count). The van der Waals surface area contributed by atoms with Gasteiger partial charge in [0.1, 0.15) is 16.9 Å². The molecule has 0 aliphatic heterocycles. The number of rotatable bonds is 7. The van der Waals surface area contributed by atoms with Crippen molar-refractivity contribution < 1.29 is 32.6 Å². The first-order valence-corrected chi connectivity index (χ1v) is 9.49. The van der Waals surface area contributed by atoms with Gasteiger partial charge in [-0.2, -0.15) is 0 Å². The summed E-state index contributed by atoms with van der Waals surface area (Å²) in [6.07, 6.45) is 2.09. The smallest absolute Gasteiger partial charge is 0.321 e. The summed E-state index contributed by atoms with van der Waals surface area (Å²) in [6, 6.07) is 11.8. The minimum Gasteiger partial charge on any atom is -0.493 e. The minimum atomic E-state index is -2.89. The number of hydrogen-bond donors (Lipinski definition) is 1. The van der Waals surface area contributed by atoms with Crippen molar-refractivity contribution in [2.45, 2.75) is 12.8 Å². The van der Waals surface area contributed by atoms with Crippen LogP contribution in [0.1, 0.15) is 17.0 Å². The van der Waals surface area contributed by atoms with Crippen molar-refractivity contribution >= 4 is 28.5 Å². The molecule has 0 bridgehead atoms. The van der Waals surface area contributed by atoms with E-state index >= 15 is 0 Å². The van der Waals surface area contributed by atoms with Crippen molar-refractivity contribution in [3.05, 3.63) is 48.7 Å². The number of nitrogens with one attached hydrogen (secondary N) is 1. The lowest BCUT2D eigenvalue weighted by Crippen LogP contribution is -2.32. The molecule has 2 aromatic carbocycles.